The monoisotopic (exact) mass is 1170 g/mol. The molecule has 0 radical (unpaired) electrons. The summed E-state index contributed by atoms with van der Waals surface area (Å²) in [6.07, 6.45) is 1.85. The first-order valence-electron chi connectivity index (χ1n) is 30.2. The van der Waals surface area contributed by atoms with E-state index in [0.29, 0.717) is 39.4 Å². The van der Waals surface area contributed by atoms with Crippen molar-refractivity contribution in [3.63, 3.8) is 0 Å². The van der Waals surface area contributed by atoms with Crippen LogP contribution in [0.25, 0.3) is 82.1 Å². The molecule has 0 atom stereocenters. The van der Waals surface area contributed by atoms with Gasteiger partial charge in [-0.2, -0.15) is 12.1 Å². The molecule has 4 heterocycles. The Bertz CT molecular complexity index is 4520. The van der Waals surface area contributed by atoms with Crippen molar-refractivity contribution in [1.82, 2.24) is 14.1 Å². The van der Waals surface area contributed by atoms with Gasteiger partial charge in [0.25, 0.3) is 0 Å². The molecule has 378 valence electrons. The summed E-state index contributed by atoms with van der Waals surface area (Å²) >= 11 is 0. The summed E-state index contributed by atoms with van der Waals surface area (Å²) in [6, 6.07) is 60.4. The van der Waals surface area contributed by atoms with Crippen molar-refractivity contribution < 1.29 is 39.5 Å². The SMILES string of the molecule is [2H]C(C)(C)c1cccc2c3ccccc3c3cccc(-c4cc(C(C)(C)C)cc(C(C([2H])([2H])[2H])(C([2H])([2H])[2H])C([2H])([2H])[2H])c4)c3n3c4c(cccc4c12)N(c1[c-]c(Oc2[c-]c4c(cc2)c2ccccc2n4-c2cc(C(C)(C)C)ccn2)ccc1)[CH-]3.[Pt]. The topological polar surface area (TPSA) is 35.2 Å². The van der Waals surface area contributed by atoms with Crippen LogP contribution in [-0.4, -0.2) is 14.1 Å². The third-order valence-corrected chi connectivity index (χ3v) is 14.6. The molecule has 0 N–H and O–H groups in total. The molecule has 0 saturated heterocycles. The number of fused-ring (bicyclic) bond motifs is 10. The molecule has 0 amide bonds. The average Bonchev–Trinajstić information content (AvgIpc) is 1.40. The van der Waals surface area contributed by atoms with E-state index in [1.165, 1.54) is 12.1 Å². The fourth-order valence-corrected chi connectivity index (χ4v) is 10.8. The van der Waals surface area contributed by atoms with Gasteiger partial charge >= 0.3 is 0 Å². The number of pyridine rings is 1. The van der Waals surface area contributed by atoms with Crippen LogP contribution in [0.15, 0.2) is 170 Å². The third kappa shape index (κ3) is 8.64. The number of anilines is 2. The quantitative estimate of drug-likeness (QED) is 0.156. The molecule has 0 fully saturated rings. The fraction of sp³-hybridized carbons (Fsp3) is 0.217. The van der Waals surface area contributed by atoms with E-state index in [0.717, 1.165) is 82.3 Å². The van der Waals surface area contributed by atoms with E-state index in [1.54, 1.807) is 0 Å². The molecule has 5 nitrogen and oxygen atoms in total. The summed E-state index contributed by atoms with van der Waals surface area (Å²) in [6.45, 7) is 7.63. The third-order valence-electron chi connectivity index (χ3n) is 14.6. The van der Waals surface area contributed by atoms with Crippen LogP contribution in [0, 0.1) is 18.8 Å². The minimum atomic E-state index is -3.50. The minimum absolute atomic E-state index is 0. The van der Waals surface area contributed by atoms with Crippen molar-refractivity contribution in [2.24, 2.45) is 0 Å². The molecule has 0 bridgehead atoms. The van der Waals surface area contributed by atoms with Crippen LogP contribution in [0.3, 0.4) is 0 Å². The van der Waals surface area contributed by atoms with Gasteiger partial charge in [0.2, 0.25) is 0 Å². The van der Waals surface area contributed by atoms with Crippen molar-refractivity contribution in [3.05, 3.63) is 211 Å². The standard InChI is InChI=1S/C69H63N4O.Pt/c1-43(2)51-25-17-27-57-53-22-12-13-23-54(53)58-28-18-26-52(44-36-46(68(6,7)8)38-47(37-44)69(9,10)11)65(58)72-42-71(61-31-19-29-59(64(51)57)66(61)72)48-20-16-21-49(40-48)74-50-32-33-56-55-24-14-15-30-60(55)73(62(56)41-50)63-39-45(34-35-70-63)67(3,4)5;/h12-39,42-43H,1-11H3;/q-3;/i6D3,7D3,8D3,43D;. The first-order chi connectivity index (χ1) is 39.5. The van der Waals surface area contributed by atoms with Crippen LogP contribution in [0.5, 0.6) is 11.5 Å². The van der Waals surface area contributed by atoms with Crippen molar-refractivity contribution in [2.45, 2.75) is 98.1 Å². The number of benzene rings is 8. The summed E-state index contributed by atoms with van der Waals surface area (Å²) in [7, 11) is 0. The summed E-state index contributed by atoms with van der Waals surface area (Å²) in [5, 5.41) is 7.23. The molecule has 0 spiro atoms. The van der Waals surface area contributed by atoms with Crippen LogP contribution in [0.2, 0.25) is 0 Å². The average molecular weight is 1170 g/mol. The summed E-state index contributed by atoms with van der Waals surface area (Å²) in [5.41, 5.74) is 3.73. The van der Waals surface area contributed by atoms with Crippen molar-refractivity contribution >= 4 is 76.5 Å². The number of para-hydroxylation sites is 3. The van der Waals surface area contributed by atoms with Gasteiger partial charge in [-0.25, -0.2) is 4.98 Å². The summed E-state index contributed by atoms with van der Waals surface area (Å²) < 4.78 is 100. The van der Waals surface area contributed by atoms with E-state index >= 15 is 0 Å². The van der Waals surface area contributed by atoms with Gasteiger partial charge in [-0.05, 0) is 135 Å². The second-order valence-electron chi connectivity index (χ2n) is 21.9. The summed E-state index contributed by atoms with van der Waals surface area (Å²) in [5.74, 6) is 0.608. The molecule has 0 saturated carbocycles. The predicted octanol–water partition coefficient (Wildman–Crippen LogP) is 18.9. The minimum Gasteiger partial charge on any atom is -0.509 e. The van der Waals surface area contributed by atoms with Crippen molar-refractivity contribution in [3.8, 4) is 28.4 Å². The molecule has 0 unspecified atom stereocenters. The molecule has 1 aliphatic rings. The van der Waals surface area contributed by atoms with Crippen LogP contribution < -0.4 is 9.64 Å². The van der Waals surface area contributed by atoms with E-state index in [-0.39, 0.29) is 32.0 Å². The van der Waals surface area contributed by atoms with Crippen LogP contribution in [0.4, 0.5) is 11.4 Å². The zero-order chi connectivity index (χ0) is 59.8. The van der Waals surface area contributed by atoms with Gasteiger partial charge in [0.05, 0.1) is 0 Å². The molecule has 8 aromatic carbocycles. The van der Waals surface area contributed by atoms with Crippen molar-refractivity contribution in [2.75, 3.05) is 4.90 Å². The van der Waals surface area contributed by atoms with Gasteiger partial charge in [-0.15, -0.1) is 35.7 Å². The van der Waals surface area contributed by atoms with E-state index in [2.05, 4.69) is 96.6 Å². The predicted molar refractivity (Wildman–Crippen MR) is 312 cm³/mol. The van der Waals surface area contributed by atoms with Crippen molar-refractivity contribution in [1.29, 1.82) is 0 Å². The Morgan fingerprint density at radius 2 is 1.21 bits per heavy atom. The zero-order valence-electron chi connectivity index (χ0n) is 53.3. The van der Waals surface area contributed by atoms with Gasteiger partial charge in [0.1, 0.15) is 5.82 Å². The number of nitrogens with zero attached hydrogens (tertiary/aromatic N) is 4. The van der Waals surface area contributed by atoms with E-state index in [1.807, 2.05) is 149 Å². The normalized spacial score (nSPS) is 15.4. The van der Waals surface area contributed by atoms with Crippen LogP contribution in [0.1, 0.15) is 118 Å². The molecule has 12 rings (SSSR count). The van der Waals surface area contributed by atoms with Gasteiger partial charge in [0, 0.05) is 63.7 Å². The van der Waals surface area contributed by atoms with Gasteiger partial charge in [-0.3, -0.25) is 0 Å². The molecule has 0 aliphatic carbocycles. The first kappa shape index (κ1) is 39.1. The molecule has 1 aliphatic heterocycles. The maximum atomic E-state index is 9.66. The maximum absolute atomic E-state index is 9.66. The Hall–Kier alpha value is -7.33. The maximum Gasteiger partial charge on any atom is 0.135 e. The van der Waals surface area contributed by atoms with E-state index in [4.69, 9.17) is 22.1 Å². The second kappa shape index (κ2) is 18.5. The number of hydrogen-bond acceptors (Lipinski definition) is 3. The molecular formula is C69H63N4OPt-3. The fourth-order valence-electron chi connectivity index (χ4n) is 10.8. The number of ether oxygens (including phenoxy) is 1. The Balaban J connectivity index is 0.00000752. The molecule has 6 heteroatoms. The Kier molecular flexibility index (Phi) is 9.65. The second-order valence-corrected chi connectivity index (χ2v) is 21.9. The largest absolute Gasteiger partial charge is 0.509 e. The Morgan fingerprint density at radius 3 is 1.96 bits per heavy atom. The Morgan fingerprint density at radius 1 is 0.573 bits per heavy atom. The molecular weight excluding hydrogens is 1100 g/mol. The zero-order valence-corrected chi connectivity index (χ0v) is 45.5. The number of hydrogen-bond donors (Lipinski definition) is 0. The van der Waals surface area contributed by atoms with Gasteiger partial charge < -0.3 is 18.8 Å². The number of rotatable bonds is 6. The molecule has 75 heavy (non-hydrogen) atoms. The first-order valence-corrected chi connectivity index (χ1v) is 25.2. The molecule has 3 aromatic heterocycles. The van der Waals surface area contributed by atoms with Gasteiger partial charge in [0.15, 0.2) is 0 Å². The Labute approximate surface area is 470 Å². The van der Waals surface area contributed by atoms with Gasteiger partial charge in [-0.1, -0.05) is 196 Å². The number of aromatic nitrogens is 3. The molecule has 11 aromatic rings. The van der Waals surface area contributed by atoms with Crippen LogP contribution in [-0.2, 0) is 37.3 Å². The smallest absolute Gasteiger partial charge is 0.135 e. The van der Waals surface area contributed by atoms with E-state index in [9.17, 15) is 1.37 Å². The van der Waals surface area contributed by atoms with Crippen LogP contribution >= 0.6 is 0 Å². The summed E-state index contributed by atoms with van der Waals surface area (Å²) in [4.78, 5) is 6.91. The van der Waals surface area contributed by atoms with E-state index < -0.39 is 37.3 Å².